The van der Waals surface area contributed by atoms with Gasteiger partial charge in [-0.25, -0.2) is 0 Å². The van der Waals surface area contributed by atoms with Crippen molar-refractivity contribution in [2.75, 3.05) is 20.3 Å². The van der Waals surface area contributed by atoms with E-state index in [9.17, 15) is 9.90 Å². The number of rotatable bonds is 7. The third-order valence-corrected chi connectivity index (χ3v) is 6.04. The second-order valence-corrected chi connectivity index (χ2v) is 7.77. The van der Waals surface area contributed by atoms with Crippen LogP contribution in [-0.4, -0.2) is 41.1 Å². The summed E-state index contributed by atoms with van der Waals surface area (Å²) in [6.45, 7) is 1.11. The predicted octanol–water partition coefficient (Wildman–Crippen LogP) is 2.74. The molecular formula is C24H27N3O3. The van der Waals surface area contributed by atoms with E-state index in [4.69, 9.17) is 4.74 Å². The molecule has 0 saturated heterocycles. The van der Waals surface area contributed by atoms with E-state index in [2.05, 4.69) is 22.5 Å². The van der Waals surface area contributed by atoms with Gasteiger partial charge >= 0.3 is 0 Å². The van der Waals surface area contributed by atoms with Gasteiger partial charge in [-0.15, -0.1) is 0 Å². The molecule has 4 rings (SSSR count). The second kappa shape index (κ2) is 8.71. The summed E-state index contributed by atoms with van der Waals surface area (Å²) in [6, 6.07) is 17.6. The number of aliphatic hydroxyl groups is 1. The number of fused-ring (bicyclic) bond motifs is 1. The molecule has 30 heavy (non-hydrogen) atoms. The van der Waals surface area contributed by atoms with Crippen LogP contribution in [0.1, 0.15) is 33.6 Å². The normalized spacial score (nSPS) is 17.9. The first-order chi connectivity index (χ1) is 14.7. The zero-order chi connectivity index (χ0) is 21.0. The fraction of sp³-hybridized carbons (Fsp3) is 0.333. The Hall–Kier alpha value is -3.12. The van der Waals surface area contributed by atoms with Crippen molar-refractivity contribution in [3.8, 4) is 5.75 Å². The van der Waals surface area contributed by atoms with E-state index in [0.717, 1.165) is 19.3 Å². The highest BCUT2D eigenvalue weighted by Crippen LogP contribution is 2.38. The van der Waals surface area contributed by atoms with Gasteiger partial charge in [0, 0.05) is 17.7 Å². The molecule has 1 amide bonds. The van der Waals surface area contributed by atoms with Crippen LogP contribution in [0.5, 0.6) is 5.75 Å². The Labute approximate surface area is 176 Å². The number of nitrogens with zero attached hydrogens (tertiary/aromatic N) is 2. The minimum Gasteiger partial charge on any atom is -0.496 e. The average molecular weight is 405 g/mol. The van der Waals surface area contributed by atoms with Crippen molar-refractivity contribution < 1.29 is 14.6 Å². The fourth-order valence-electron chi connectivity index (χ4n) is 4.45. The molecule has 0 fully saturated rings. The quantitative estimate of drug-likeness (QED) is 0.634. The summed E-state index contributed by atoms with van der Waals surface area (Å²) in [5.41, 5.74) is 3.91. The standard InChI is InChI=1S/C24H27N3O3/c1-30-22-10-6-5-9-20(22)23(29)25-17-24(19-7-3-2-4-8-19)12-11-21-18(15-24)16-26-27(21)13-14-28/h2-10,16,28H,11-15,17H2,1H3,(H,25,29). The van der Waals surface area contributed by atoms with Crippen LogP contribution in [0.2, 0.25) is 0 Å². The summed E-state index contributed by atoms with van der Waals surface area (Å²) >= 11 is 0. The van der Waals surface area contributed by atoms with Crippen molar-refractivity contribution in [3.63, 3.8) is 0 Å². The van der Waals surface area contributed by atoms with Gasteiger partial charge in [0.25, 0.3) is 5.91 Å². The van der Waals surface area contributed by atoms with E-state index in [0.29, 0.717) is 24.4 Å². The number of hydrogen-bond donors (Lipinski definition) is 2. The number of carbonyl (C=O) groups is 1. The number of para-hydroxylation sites is 1. The summed E-state index contributed by atoms with van der Waals surface area (Å²) in [6.07, 6.45) is 4.45. The lowest BCUT2D eigenvalue weighted by molar-refractivity contribution is 0.0937. The Bertz CT molecular complexity index is 1020. The lowest BCUT2D eigenvalue weighted by Gasteiger charge is -2.38. The summed E-state index contributed by atoms with van der Waals surface area (Å²) in [4.78, 5) is 12.9. The molecule has 6 heteroatoms. The zero-order valence-corrected chi connectivity index (χ0v) is 17.2. The van der Waals surface area contributed by atoms with Crippen molar-refractivity contribution in [2.45, 2.75) is 31.2 Å². The van der Waals surface area contributed by atoms with Gasteiger partial charge in [-0.1, -0.05) is 42.5 Å². The molecule has 156 valence electrons. The molecule has 0 spiro atoms. The van der Waals surface area contributed by atoms with Crippen molar-refractivity contribution in [1.29, 1.82) is 0 Å². The van der Waals surface area contributed by atoms with Crippen LogP contribution in [0.25, 0.3) is 0 Å². The van der Waals surface area contributed by atoms with Crippen LogP contribution in [0.3, 0.4) is 0 Å². The average Bonchev–Trinajstić information content (AvgIpc) is 3.20. The monoisotopic (exact) mass is 405 g/mol. The number of hydrogen-bond acceptors (Lipinski definition) is 4. The number of benzene rings is 2. The highest BCUT2D eigenvalue weighted by Gasteiger charge is 2.38. The molecule has 1 aliphatic carbocycles. The Morgan fingerprint density at radius 1 is 1.20 bits per heavy atom. The van der Waals surface area contributed by atoms with E-state index in [1.807, 2.05) is 41.2 Å². The summed E-state index contributed by atoms with van der Waals surface area (Å²) < 4.78 is 7.25. The molecule has 1 unspecified atom stereocenters. The molecule has 1 atom stereocenters. The van der Waals surface area contributed by atoms with Crippen LogP contribution in [0.4, 0.5) is 0 Å². The Balaban J connectivity index is 1.61. The highest BCUT2D eigenvalue weighted by atomic mass is 16.5. The SMILES string of the molecule is COc1ccccc1C(=O)NCC1(c2ccccc2)CCc2c(cnn2CCO)C1. The number of nitrogens with one attached hydrogen (secondary N) is 1. The third-order valence-electron chi connectivity index (χ3n) is 6.04. The number of amides is 1. The Morgan fingerprint density at radius 2 is 1.97 bits per heavy atom. The van der Waals surface area contributed by atoms with Gasteiger partial charge in [0.05, 0.1) is 32.0 Å². The molecule has 0 radical (unpaired) electrons. The first kappa shape index (κ1) is 20.2. The van der Waals surface area contributed by atoms with Crippen molar-refractivity contribution in [2.24, 2.45) is 0 Å². The number of methoxy groups -OCH3 is 1. The molecule has 0 aliphatic heterocycles. The van der Waals surface area contributed by atoms with Gasteiger partial charge in [-0.2, -0.15) is 5.10 Å². The maximum Gasteiger partial charge on any atom is 0.255 e. The van der Waals surface area contributed by atoms with E-state index in [-0.39, 0.29) is 17.9 Å². The van der Waals surface area contributed by atoms with Gasteiger partial charge in [-0.05, 0) is 42.5 Å². The maximum absolute atomic E-state index is 12.9. The van der Waals surface area contributed by atoms with E-state index >= 15 is 0 Å². The van der Waals surface area contributed by atoms with Gasteiger partial charge in [0.1, 0.15) is 5.75 Å². The van der Waals surface area contributed by atoms with Crippen LogP contribution in [-0.2, 0) is 24.8 Å². The molecule has 1 aliphatic rings. The zero-order valence-electron chi connectivity index (χ0n) is 17.2. The number of ether oxygens (including phenoxy) is 1. The first-order valence-corrected chi connectivity index (χ1v) is 10.3. The van der Waals surface area contributed by atoms with E-state index < -0.39 is 0 Å². The summed E-state index contributed by atoms with van der Waals surface area (Å²) in [5, 5.41) is 16.9. The van der Waals surface area contributed by atoms with Crippen molar-refractivity contribution >= 4 is 5.91 Å². The molecule has 1 aromatic heterocycles. The van der Waals surface area contributed by atoms with Crippen molar-refractivity contribution in [1.82, 2.24) is 15.1 Å². The molecule has 3 aromatic rings. The second-order valence-electron chi connectivity index (χ2n) is 7.77. The molecular weight excluding hydrogens is 378 g/mol. The van der Waals surface area contributed by atoms with Crippen molar-refractivity contribution in [3.05, 3.63) is 83.2 Å². The minimum absolute atomic E-state index is 0.0763. The lowest BCUT2D eigenvalue weighted by Crippen LogP contribution is -2.44. The van der Waals surface area contributed by atoms with E-state index in [1.54, 1.807) is 19.2 Å². The van der Waals surface area contributed by atoms with Crippen LogP contribution in [0.15, 0.2) is 60.8 Å². The predicted molar refractivity (Wildman–Crippen MR) is 115 cm³/mol. The van der Waals surface area contributed by atoms with Crippen LogP contribution in [0, 0.1) is 0 Å². The smallest absolute Gasteiger partial charge is 0.255 e. The Morgan fingerprint density at radius 3 is 2.73 bits per heavy atom. The van der Waals surface area contributed by atoms with Gasteiger partial charge < -0.3 is 15.2 Å². The molecule has 0 saturated carbocycles. The number of aromatic nitrogens is 2. The fourth-order valence-corrected chi connectivity index (χ4v) is 4.45. The largest absolute Gasteiger partial charge is 0.496 e. The molecule has 2 N–H and O–H groups in total. The van der Waals surface area contributed by atoms with E-state index in [1.165, 1.54) is 16.8 Å². The Kier molecular flexibility index (Phi) is 5.86. The number of aliphatic hydroxyl groups excluding tert-OH is 1. The first-order valence-electron chi connectivity index (χ1n) is 10.3. The maximum atomic E-state index is 12.9. The molecule has 1 heterocycles. The topological polar surface area (TPSA) is 76.4 Å². The molecule has 0 bridgehead atoms. The number of carbonyl (C=O) groups excluding carboxylic acids is 1. The molecule has 2 aromatic carbocycles. The third kappa shape index (κ3) is 3.83. The van der Waals surface area contributed by atoms with Crippen LogP contribution < -0.4 is 10.1 Å². The van der Waals surface area contributed by atoms with Gasteiger partial charge in [0.15, 0.2) is 0 Å². The minimum atomic E-state index is -0.209. The highest BCUT2D eigenvalue weighted by molar-refractivity contribution is 5.97. The lowest BCUT2D eigenvalue weighted by atomic mass is 9.68. The molecule has 6 nitrogen and oxygen atoms in total. The summed E-state index contributed by atoms with van der Waals surface area (Å²) in [7, 11) is 1.57. The van der Waals surface area contributed by atoms with Crippen LogP contribution >= 0.6 is 0 Å². The van der Waals surface area contributed by atoms with Gasteiger partial charge in [0.2, 0.25) is 0 Å². The summed E-state index contributed by atoms with van der Waals surface area (Å²) in [5.74, 6) is 0.435. The van der Waals surface area contributed by atoms with Gasteiger partial charge in [-0.3, -0.25) is 9.48 Å².